The summed E-state index contributed by atoms with van der Waals surface area (Å²) in [4.78, 5) is 10.9. The first kappa shape index (κ1) is 16.4. The molecule has 20 heavy (non-hydrogen) atoms. The highest BCUT2D eigenvalue weighted by Crippen LogP contribution is 2.22. The first-order chi connectivity index (χ1) is 9.27. The molecule has 0 aliphatic heterocycles. The van der Waals surface area contributed by atoms with Crippen molar-refractivity contribution >= 4 is 16.0 Å². The largest absolute Gasteiger partial charge is 0.493 e. The highest BCUT2D eigenvalue weighted by atomic mass is 32.2. The molecule has 0 radical (unpaired) electrons. The second-order valence-corrected chi connectivity index (χ2v) is 5.86. The van der Waals surface area contributed by atoms with Crippen LogP contribution in [0.4, 0.5) is 0 Å². The first-order valence-electron chi connectivity index (χ1n) is 5.95. The van der Waals surface area contributed by atoms with Crippen molar-refractivity contribution in [2.24, 2.45) is 0 Å². The van der Waals surface area contributed by atoms with Crippen LogP contribution in [0.5, 0.6) is 5.75 Å². The Labute approximate surface area is 117 Å². The first-order valence-corrected chi connectivity index (χ1v) is 7.44. The molecule has 0 aliphatic carbocycles. The van der Waals surface area contributed by atoms with Crippen LogP contribution in [0.15, 0.2) is 23.1 Å². The SMILES string of the molecule is CCOc1ccc(S(=O)(=O)NC[C@@H](C)O)cc1C(=O)O. The van der Waals surface area contributed by atoms with Crippen molar-refractivity contribution in [3.63, 3.8) is 0 Å². The maximum atomic E-state index is 11.9. The zero-order valence-corrected chi connectivity index (χ0v) is 12.0. The van der Waals surface area contributed by atoms with Gasteiger partial charge >= 0.3 is 5.97 Å². The molecule has 0 amide bonds. The van der Waals surface area contributed by atoms with E-state index < -0.39 is 22.1 Å². The van der Waals surface area contributed by atoms with E-state index >= 15 is 0 Å². The molecule has 0 fully saturated rings. The fraction of sp³-hybridized carbons (Fsp3) is 0.417. The molecular weight excluding hydrogens is 286 g/mol. The molecule has 0 saturated carbocycles. The Morgan fingerprint density at radius 1 is 1.45 bits per heavy atom. The van der Waals surface area contributed by atoms with Crippen molar-refractivity contribution in [1.82, 2.24) is 4.72 Å². The van der Waals surface area contributed by atoms with Gasteiger partial charge in [-0.1, -0.05) is 0 Å². The van der Waals surface area contributed by atoms with Crippen molar-refractivity contribution in [1.29, 1.82) is 0 Å². The van der Waals surface area contributed by atoms with Crippen LogP contribution in [0, 0.1) is 0 Å². The Kier molecular flexibility index (Phi) is 5.49. The van der Waals surface area contributed by atoms with Gasteiger partial charge in [-0.15, -0.1) is 0 Å². The van der Waals surface area contributed by atoms with E-state index in [1.165, 1.54) is 19.1 Å². The van der Waals surface area contributed by atoms with Crippen LogP contribution in [0.2, 0.25) is 0 Å². The minimum absolute atomic E-state index is 0.106. The lowest BCUT2D eigenvalue weighted by molar-refractivity contribution is 0.0692. The van der Waals surface area contributed by atoms with Gasteiger partial charge in [0.25, 0.3) is 0 Å². The van der Waals surface area contributed by atoms with Gasteiger partial charge in [0.1, 0.15) is 11.3 Å². The van der Waals surface area contributed by atoms with Crippen LogP contribution in [-0.2, 0) is 10.0 Å². The lowest BCUT2D eigenvalue weighted by atomic mass is 10.2. The molecule has 0 spiro atoms. The Balaban J connectivity index is 3.14. The number of aromatic carboxylic acids is 1. The molecule has 1 aromatic rings. The van der Waals surface area contributed by atoms with Crippen LogP contribution in [0.25, 0.3) is 0 Å². The second-order valence-electron chi connectivity index (χ2n) is 4.10. The fourth-order valence-electron chi connectivity index (χ4n) is 1.44. The molecule has 0 saturated heterocycles. The number of sulfonamides is 1. The summed E-state index contributed by atoms with van der Waals surface area (Å²) in [6.07, 6.45) is -0.841. The van der Waals surface area contributed by atoms with Gasteiger partial charge in [-0.05, 0) is 32.0 Å². The van der Waals surface area contributed by atoms with Crippen molar-refractivity contribution in [3.05, 3.63) is 23.8 Å². The lowest BCUT2D eigenvalue weighted by Gasteiger charge is -2.11. The van der Waals surface area contributed by atoms with E-state index in [4.69, 9.17) is 14.9 Å². The molecule has 7 nitrogen and oxygen atoms in total. The summed E-state index contributed by atoms with van der Waals surface area (Å²) in [6.45, 7) is 3.24. The van der Waals surface area contributed by atoms with E-state index in [2.05, 4.69) is 4.72 Å². The third-order valence-electron chi connectivity index (χ3n) is 2.36. The van der Waals surface area contributed by atoms with Gasteiger partial charge in [0.05, 0.1) is 17.6 Å². The predicted octanol–water partition coefficient (Wildman–Crippen LogP) is 0.443. The fourth-order valence-corrected chi connectivity index (χ4v) is 2.59. The number of benzene rings is 1. The summed E-state index contributed by atoms with van der Waals surface area (Å²) in [6, 6.07) is 3.57. The van der Waals surface area contributed by atoms with E-state index in [9.17, 15) is 13.2 Å². The maximum absolute atomic E-state index is 11.9. The number of carboxylic acid groups (broad SMARTS) is 1. The normalized spacial score (nSPS) is 12.9. The van der Waals surface area contributed by atoms with Gasteiger partial charge in [0, 0.05) is 6.54 Å². The van der Waals surface area contributed by atoms with Crippen LogP contribution < -0.4 is 9.46 Å². The number of carbonyl (C=O) groups is 1. The van der Waals surface area contributed by atoms with Crippen LogP contribution in [0.3, 0.4) is 0 Å². The lowest BCUT2D eigenvalue weighted by Crippen LogP contribution is -2.30. The van der Waals surface area contributed by atoms with Gasteiger partial charge in [0.2, 0.25) is 10.0 Å². The molecule has 1 aromatic carbocycles. The highest BCUT2D eigenvalue weighted by Gasteiger charge is 2.19. The molecule has 0 heterocycles. The molecule has 1 rings (SSSR count). The topological polar surface area (TPSA) is 113 Å². The van der Waals surface area contributed by atoms with Crippen LogP contribution >= 0.6 is 0 Å². The highest BCUT2D eigenvalue weighted by molar-refractivity contribution is 7.89. The summed E-state index contributed by atoms with van der Waals surface area (Å²) in [5.41, 5.74) is -0.230. The number of aliphatic hydroxyl groups excluding tert-OH is 1. The van der Waals surface area contributed by atoms with Crippen molar-refractivity contribution in [2.45, 2.75) is 24.8 Å². The number of rotatable bonds is 7. The van der Waals surface area contributed by atoms with E-state index in [1.807, 2.05) is 0 Å². The Bertz CT molecular complexity index is 582. The van der Waals surface area contributed by atoms with Gasteiger partial charge in [-0.2, -0.15) is 0 Å². The number of hydrogen-bond acceptors (Lipinski definition) is 5. The Morgan fingerprint density at radius 2 is 2.10 bits per heavy atom. The molecule has 0 aromatic heterocycles. The number of hydrogen-bond donors (Lipinski definition) is 3. The summed E-state index contributed by atoms with van der Waals surface area (Å²) in [5.74, 6) is -1.17. The zero-order valence-electron chi connectivity index (χ0n) is 11.2. The molecule has 3 N–H and O–H groups in total. The van der Waals surface area contributed by atoms with Crippen molar-refractivity contribution < 1.29 is 28.2 Å². The number of nitrogens with one attached hydrogen (secondary N) is 1. The monoisotopic (exact) mass is 303 g/mol. The van der Waals surface area contributed by atoms with Gasteiger partial charge < -0.3 is 14.9 Å². The summed E-state index contributed by atoms with van der Waals surface area (Å²) in [7, 11) is -3.87. The number of aliphatic hydroxyl groups is 1. The number of carboxylic acids is 1. The average Bonchev–Trinajstić information content (AvgIpc) is 2.37. The smallest absolute Gasteiger partial charge is 0.339 e. The predicted molar refractivity (Wildman–Crippen MR) is 71.4 cm³/mol. The minimum Gasteiger partial charge on any atom is -0.493 e. The summed E-state index contributed by atoms with van der Waals surface area (Å²) >= 11 is 0. The Morgan fingerprint density at radius 3 is 2.60 bits per heavy atom. The molecule has 112 valence electrons. The zero-order chi connectivity index (χ0) is 15.3. The average molecular weight is 303 g/mol. The third-order valence-corrected chi connectivity index (χ3v) is 3.78. The molecular formula is C12H17NO6S. The van der Waals surface area contributed by atoms with Crippen molar-refractivity contribution in [2.75, 3.05) is 13.2 Å². The van der Waals surface area contributed by atoms with Gasteiger partial charge in [-0.25, -0.2) is 17.9 Å². The van der Waals surface area contributed by atoms with E-state index in [0.29, 0.717) is 0 Å². The Hall–Kier alpha value is -1.64. The third kappa shape index (κ3) is 4.19. The quantitative estimate of drug-likeness (QED) is 0.674. The molecule has 8 heteroatoms. The van der Waals surface area contributed by atoms with Gasteiger partial charge in [0.15, 0.2) is 0 Å². The van der Waals surface area contributed by atoms with Crippen LogP contribution in [0.1, 0.15) is 24.2 Å². The van der Waals surface area contributed by atoms with Crippen molar-refractivity contribution in [3.8, 4) is 5.75 Å². The van der Waals surface area contributed by atoms with E-state index in [-0.39, 0.29) is 29.4 Å². The molecule has 0 bridgehead atoms. The standard InChI is InChI=1S/C12H17NO6S/c1-3-19-11-5-4-9(6-10(11)12(15)16)20(17,18)13-7-8(2)14/h4-6,8,13-14H,3,7H2,1-2H3,(H,15,16)/t8-/m1/s1. The van der Waals surface area contributed by atoms with Crippen LogP contribution in [-0.4, -0.2) is 43.9 Å². The molecule has 0 aliphatic rings. The summed E-state index contributed by atoms with van der Waals surface area (Å²) in [5, 5.41) is 18.1. The van der Waals surface area contributed by atoms with E-state index in [0.717, 1.165) is 6.07 Å². The molecule has 1 atom stereocenters. The number of ether oxygens (including phenoxy) is 1. The molecule has 0 unspecified atom stereocenters. The second kappa shape index (κ2) is 6.69. The van der Waals surface area contributed by atoms with Gasteiger partial charge in [-0.3, -0.25) is 0 Å². The minimum atomic E-state index is -3.87. The van der Waals surface area contributed by atoms with E-state index in [1.54, 1.807) is 6.92 Å². The maximum Gasteiger partial charge on any atom is 0.339 e. The summed E-state index contributed by atoms with van der Waals surface area (Å²) < 4.78 is 31.2.